The van der Waals surface area contributed by atoms with Crippen molar-refractivity contribution in [1.82, 2.24) is 14.1 Å². The predicted molar refractivity (Wildman–Crippen MR) is 269 cm³/mol. The molecule has 0 amide bonds. The third-order valence-corrected chi connectivity index (χ3v) is 12.7. The molecule has 8 aromatic carbocycles. The first kappa shape index (κ1) is 35.7. The third-order valence-electron chi connectivity index (χ3n) is 12.7. The molecule has 0 fully saturated rings. The van der Waals surface area contributed by atoms with Gasteiger partial charge in [0, 0.05) is 74.6 Å². The second kappa shape index (κ2) is 14.7. The molecule has 0 atom stereocenters. The van der Waals surface area contributed by atoms with Crippen LogP contribution < -0.4 is 0 Å². The maximum absolute atomic E-state index is 3.63. The number of aromatic nitrogens is 3. The van der Waals surface area contributed by atoms with Crippen LogP contribution in [-0.4, -0.2) is 14.1 Å². The lowest BCUT2D eigenvalue weighted by Crippen LogP contribution is -1.98. The van der Waals surface area contributed by atoms with Gasteiger partial charge in [-0.2, -0.15) is 0 Å². The zero-order valence-electron chi connectivity index (χ0n) is 33.8. The quantitative estimate of drug-likeness (QED) is 0.128. The molecule has 3 heterocycles. The molecule has 0 aliphatic heterocycles. The van der Waals surface area contributed by atoms with Gasteiger partial charge in [0.05, 0.1) is 28.3 Å². The second-order valence-electron chi connectivity index (χ2n) is 16.0. The number of nitrogens with zero attached hydrogens (tertiary/aromatic N) is 2. The van der Waals surface area contributed by atoms with Gasteiger partial charge >= 0.3 is 0 Å². The summed E-state index contributed by atoms with van der Waals surface area (Å²) in [7, 11) is 0. The summed E-state index contributed by atoms with van der Waals surface area (Å²) in [5, 5.41) is 13.0. The number of H-pyrrole nitrogens is 1. The van der Waals surface area contributed by atoms with Crippen LogP contribution in [0, 0.1) is 0 Å². The Bertz CT molecular complexity index is 3720. The molecule has 3 heteroatoms. The highest BCUT2D eigenvalue weighted by atomic mass is 15.0. The molecule has 1 aliphatic carbocycles. The van der Waals surface area contributed by atoms with Gasteiger partial charge in [-0.25, -0.2) is 0 Å². The van der Waals surface area contributed by atoms with Gasteiger partial charge in [0.15, 0.2) is 0 Å². The highest BCUT2D eigenvalue weighted by Crippen LogP contribution is 2.43. The fourth-order valence-electron chi connectivity index (χ4n) is 10.0. The largest absolute Gasteiger partial charge is 0.354 e. The Hall–Kier alpha value is -7.46. The Balaban J connectivity index is 0.000000240. The fourth-order valence-corrected chi connectivity index (χ4v) is 10.0. The lowest BCUT2D eigenvalue weighted by atomic mass is 9.97. The molecule has 298 valence electrons. The monoisotopic (exact) mass is 781 g/mol. The van der Waals surface area contributed by atoms with Crippen LogP contribution in [-0.2, 0) is 13.0 Å². The van der Waals surface area contributed by atoms with Gasteiger partial charge in [-0.15, -0.1) is 0 Å². The van der Waals surface area contributed by atoms with Crippen molar-refractivity contribution in [3.63, 3.8) is 0 Å². The Labute approximate surface area is 357 Å². The molecule has 0 radical (unpaired) electrons. The molecule has 3 aromatic heterocycles. The number of nitrogens with one attached hydrogen (secondary N) is 1. The summed E-state index contributed by atoms with van der Waals surface area (Å²) in [4.78, 5) is 3.63. The molecule has 60 heavy (non-hydrogen) atoms. The lowest BCUT2D eigenvalue weighted by Gasteiger charge is -2.11. The summed E-state index contributed by atoms with van der Waals surface area (Å²) in [6, 6.07) is 53.1. The van der Waals surface area contributed by atoms with Gasteiger partial charge in [-0.1, -0.05) is 159 Å². The average Bonchev–Trinajstić information content (AvgIpc) is 4.05. The fraction of sp³-hybridized carbons (Fsp3) is 0.123. The number of aromatic amines is 1. The summed E-state index contributed by atoms with van der Waals surface area (Å²) in [5.41, 5.74) is 24.5. The topological polar surface area (TPSA) is 25.6 Å². The number of fused-ring (bicyclic) bond motifs is 18. The molecule has 1 N–H and O–H groups in total. The van der Waals surface area contributed by atoms with Crippen molar-refractivity contribution in [3.05, 3.63) is 186 Å². The van der Waals surface area contributed by atoms with Crippen molar-refractivity contribution < 1.29 is 8.56 Å². The molecule has 12 rings (SSSR count). The highest BCUT2D eigenvalue weighted by Gasteiger charge is 2.21. The number of benzene rings is 8. The normalized spacial score (nSPS) is 11.8. The Morgan fingerprint density at radius 2 is 1.18 bits per heavy atom. The van der Waals surface area contributed by atoms with Gasteiger partial charge in [-0.05, 0) is 82.5 Å². The van der Waals surface area contributed by atoms with Gasteiger partial charge in [0.25, 0.3) is 0 Å². The van der Waals surface area contributed by atoms with E-state index in [1.165, 1.54) is 129 Å². The van der Waals surface area contributed by atoms with Crippen molar-refractivity contribution >= 4 is 93.2 Å². The second-order valence-corrected chi connectivity index (χ2v) is 16.0. The van der Waals surface area contributed by atoms with Crippen LogP contribution in [0.1, 0.15) is 52.3 Å². The number of hydrogen-bond donors (Lipinski definition) is 1. The van der Waals surface area contributed by atoms with Crippen LogP contribution in [0.3, 0.4) is 0 Å². The molecule has 0 bridgehead atoms. The summed E-state index contributed by atoms with van der Waals surface area (Å²) >= 11 is 0. The van der Waals surface area contributed by atoms with E-state index in [1.54, 1.807) is 0 Å². The van der Waals surface area contributed by atoms with E-state index in [0.29, 0.717) is 0 Å². The minimum absolute atomic E-state index is 0. The van der Waals surface area contributed by atoms with Gasteiger partial charge < -0.3 is 14.1 Å². The van der Waals surface area contributed by atoms with Crippen LogP contribution >= 0.6 is 0 Å². The zero-order chi connectivity index (χ0) is 40.2. The molecule has 11 aromatic rings. The van der Waals surface area contributed by atoms with Crippen molar-refractivity contribution in [2.24, 2.45) is 0 Å². The molecular formula is C57H55N3. The standard InChI is InChI=1S/C34H28N2.C23H15N.6H2/c1-3-5-7-13-23-35-31-17-11-9-15-25(31)27-19-22-30-29(33(27)35)21-20-28-26-16-10-12-18-32(26)36(34(28)30)24-14-8-6-4-2;1-2-6-15-14(5-1)13-21-16(15)9-11-19-17(21)10-12-20-18-7-3-4-8-22(18)24-23(19)20;;;;;;/h9-12,15-23H,1,4,6,8,14,24H2,2H3;1-12,24H,13H2;6*1H. The molecule has 0 saturated carbocycles. The summed E-state index contributed by atoms with van der Waals surface area (Å²) in [5.74, 6) is 0. The SMILES string of the molecule is C=C=C=C=C=Cn1c2ccccc2c2ccc3c(ccc4c5ccccc5n(CCCCCC)c34)c21.[HH].[HH].[HH].[HH].[HH].[HH].c1ccc2c(c1)Cc1c-2ccc2c1ccc1c3ccccc3[nH]c21. The summed E-state index contributed by atoms with van der Waals surface area (Å²) in [6.07, 6.45) is 7.97. The minimum atomic E-state index is 0. The van der Waals surface area contributed by atoms with Gasteiger partial charge in [-0.3, -0.25) is 0 Å². The molecule has 0 unspecified atom stereocenters. The van der Waals surface area contributed by atoms with E-state index in [2.05, 4.69) is 196 Å². The number of unbranched alkanes of at least 4 members (excludes halogenated alkanes) is 3. The van der Waals surface area contributed by atoms with Gasteiger partial charge in [0.2, 0.25) is 0 Å². The van der Waals surface area contributed by atoms with E-state index in [9.17, 15) is 0 Å². The van der Waals surface area contributed by atoms with Crippen LogP contribution in [0.2, 0.25) is 0 Å². The molecular weight excluding hydrogens is 727 g/mol. The van der Waals surface area contributed by atoms with E-state index < -0.39 is 0 Å². The van der Waals surface area contributed by atoms with Gasteiger partial charge in [0.1, 0.15) is 0 Å². The van der Waals surface area contributed by atoms with Crippen molar-refractivity contribution in [3.8, 4) is 11.1 Å². The molecule has 3 nitrogen and oxygen atoms in total. The first-order valence-electron chi connectivity index (χ1n) is 21.2. The van der Waals surface area contributed by atoms with Crippen LogP contribution in [0.15, 0.2) is 175 Å². The maximum atomic E-state index is 3.63. The Morgan fingerprint density at radius 1 is 0.567 bits per heavy atom. The molecule has 0 spiro atoms. The molecule has 0 saturated heterocycles. The predicted octanol–water partition coefficient (Wildman–Crippen LogP) is 16.9. The van der Waals surface area contributed by atoms with Crippen molar-refractivity contribution in [2.45, 2.75) is 45.6 Å². The van der Waals surface area contributed by atoms with E-state index >= 15 is 0 Å². The maximum Gasteiger partial charge on any atom is 0.0620 e. The van der Waals surface area contributed by atoms with Crippen LogP contribution in [0.4, 0.5) is 0 Å². The third kappa shape index (κ3) is 5.62. The van der Waals surface area contributed by atoms with Crippen LogP contribution in [0.25, 0.3) is 104 Å². The van der Waals surface area contributed by atoms with E-state index in [4.69, 9.17) is 0 Å². The zero-order valence-corrected chi connectivity index (χ0v) is 33.8. The summed E-state index contributed by atoms with van der Waals surface area (Å²) in [6.45, 7) is 6.86. The average molecular weight is 782 g/mol. The van der Waals surface area contributed by atoms with Crippen LogP contribution in [0.5, 0.6) is 0 Å². The van der Waals surface area contributed by atoms with E-state index in [-0.39, 0.29) is 8.56 Å². The lowest BCUT2D eigenvalue weighted by molar-refractivity contribution is 0.603. The Morgan fingerprint density at radius 3 is 2.00 bits per heavy atom. The number of aryl methyl sites for hydroxylation is 1. The smallest absolute Gasteiger partial charge is 0.0620 e. The van der Waals surface area contributed by atoms with Crippen molar-refractivity contribution in [2.75, 3.05) is 0 Å². The first-order valence-corrected chi connectivity index (χ1v) is 21.2. The number of rotatable bonds is 6. The van der Waals surface area contributed by atoms with Crippen molar-refractivity contribution in [1.29, 1.82) is 0 Å². The summed E-state index contributed by atoms with van der Waals surface area (Å²) < 4.78 is 4.78. The highest BCUT2D eigenvalue weighted by molar-refractivity contribution is 6.26. The van der Waals surface area contributed by atoms with E-state index in [1.807, 2.05) is 6.20 Å². The Kier molecular flexibility index (Phi) is 8.76. The number of para-hydroxylation sites is 3. The van der Waals surface area contributed by atoms with E-state index in [0.717, 1.165) is 18.5 Å². The minimum Gasteiger partial charge on any atom is -0.354 e. The number of hydrogen-bond acceptors (Lipinski definition) is 0. The first-order chi connectivity index (χ1) is 29.7. The molecule has 1 aliphatic rings.